The highest BCUT2D eigenvalue weighted by Crippen LogP contribution is 1.93. The molecule has 0 aliphatic rings. The smallest absolute Gasteiger partial charge is 0.343 e. The van der Waals surface area contributed by atoms with Gasteiger partial charge in [-0.1, -0.05) is 6.58 Å². The van der Waals surface area contributed by atoms with Crippen LogP contribution in [0.2, 0.25) is 0 Å². The average Bonchev–Trinajstić information content (AvgIpc) is 2.00. The third-order valence-electron chi connectivity index (χ3n) is 0.709. The number of ether oxygens (including phenoxy) is 1. The highest BCUT2D eigenvalue weighted by atomic mass is 16.5. The Labute approximate surface area is 62.5 Å². The van der Waals surface area contributed by atoms with Crippen molar-refractivity contribution in [1.29, 1.82) is 0 Å². The lowest BCUT2D eigenvalue weighted by Gasteiger charge is -1.92. The van der Waals surface area contributed by atoms with Crippen LogP contribution in [0, 0.1) is 0 Å². The molecule has 0 radical (unpaired) electrons. The van der Waals surface area contributed by atoms with Crippen LogP contribution in [0.3, 0.4) is 0 Å². The van der Waals surface area contributed by atoms with Gasteiger partial charge in [0.15, 0.2) is 12.2 Å². The molecule has 0 atom stereocenters. The molecule has 0 fully saturated rings. The van der Waals surface area contributed by atoms with Gasteiger partial charge in [-0.05, 0) is 0 Å². The SMILES string of the molecule is C=C(C=C=O)C(=O)OC=C=O. The maximum atomic E-state index is 10.5. The van der Waals surface area contributed by atoms with Gasteiger partial charge in [-0.3, -0.25) is 0 Å². The first-order valence-corrected chi connectivity index (χ1v) is 2.52. The van der Waals surface area contributed by atoms with E-state index in [1.165, 1.54) is 11.9 Å². The highest BCUT2D eigenvalue weighted by Gasteiger charge is 2.02. The monoisotopic (exact) mass is 152 g/mol. The lowest BCUT2D eigenvalue weighted by atomic mass is 10.3. The van der Waals surface area contributed by atoms with Crippen LogP contribution in [0.15, 0.2) is 24.5 Å². The molecule has 0 N–H and O–H groups in total. The highest BCUT2D eigenvalue weighted by molar-refractivity contribution is 5.93. The van der Waals surface area contributed by atoms with Crippen LogP contribution in [-0.4, -0.2) is 17.9 Å². The molecule has 0 spiro atoms. The van der Waals surface area contributed by atoms with Crippen LogP contribution in [-0.2, 0) is 19.1 Å². The molecule has 4 nitrogen and oxygen atoms in total. The van der Waals surface area contributed by atoms with Crippen LogP contribution in [0.1, 0.15) is 0 Å². The summed E-state index contributed by atoms with van der Waals surface area (Å²) >= 11 is 0. The average molecular weight is 152 g/mol. The Morgan fingerprint density at radius 3 is 2.45 bits per heavy atom. The summed E-state index contributed by atoms with van der Waals surface area (Å²) in [5.74, 6) is 1.68. The fourth-order valence-electron chi connectivity index (χ4n) is 0.283. The molecule has 0 aromatic heterocycles. The molecule has 11 heavy (non-hydrogen) atoms. The van der Waals surface area contributed by atoms with Crippen molar-refractivity contribution in [1.82, 2.24) is 0 Å². The lowest BCUT2D eigenvalue weighted by molar-refractivity contribution is -0.133. The quantitative estimate of drug-likeness (QED) is 0.185. The molecular weight excluding hydrogens is 148 g/mol. The Kier molecular flexibility index (Phi) is 4.09. The second-order valence-electron chi connectivity index (χ2n) is 1.43. The summed E-state index contributed by atoms with van der Waals surface area (Å²) < 4.78 is 4.11. The minimum atomic E-state index is -0.878. The van der Waals surface area contributed by atoms with Gasteiger partial charge in [0.05, 0.1) is 5.57 Å². The molecule has 0 amide bonds. The van der Waals surface area contributed by atoms with Gasteiger partial charge in [0.25, 0.3) is 0 Å². The normalized spacial score (nSPS) is 6.91. The molecule has 0 saturated carbocycles. The van der Waals surface area contributed by atoms with Gasteiger partial charge in [-0.25, -0.2) is 14.4 Å². The molecule has 0 heterocycles. The predicted octanol–water partition coefficient (Wildman–Crippen LogP) is -0.181. The van der Waals surface area contributed by atoms with E-state index in [1.54, 1.807) is 0 Å². The molecule has 0 bridgehead atoms. The van der Waals surface area contributed by atoms with Gasteiger partial charge < -0.3 is 4.74 Å². The van der Waals surface area contributed by atoms with Crippen LogP contribution in [0.4, 0.5) is 0 Å². The third-order valence-corrected chi connectivity index (χ3v) is 0.709. The summed E-state index contributed by atoms with van der Waals surface area (Å²) in [6, 6.07) is 0. The van der Waals surface area contributed by atoms with E-state index in [0.29, 0.717) is 6.26 Å². The maximum absolute atomic E-state index is 10.5. The van der Waals surface area contributed by atoms with Gasteiger partial charge in [0, 0.05) is 6.08 Å². The van der Waals surface area contributed by atoms with Crippen LogP contribution < -0.4 is 0 Å². The number of carbonyl (C=O) groups is 1. The van der Waals surface area contributed by atoms with Crippen LogP contribution in [0.5, 0.6) is 0 Å². The first-order valence-electron chi connectivity index (χ1n) is 2.52. The number of hydrogen-bond donors (Lipinski definition) is 0. The van der Waals surface area contributed by atoms with Crippen molar-refractivity contribution in [2.45, 2.75) is 0 Å². The molecule has 0 aromatic rings. The Morgan fingerprint density at radius 2 is 2.00 bits per heavy atom. The van der Waals surface area contributed by atoms with Crippen LogP contribution in [0.25, 0.3) is 0 Å². The van der Waals surface area contributed by atoms with Crippen molar-refractivity contribution < 1.29 is 19.1 Å². The molecular formula is C7H4O4. The summed E-state index contributed by atoms with van der Waals surface area (Å²) in [6.45, 7) is 3.15. The van der Waals surface area contributed by atoms with Crippen molar-refractivity contribution in [2.24, 2.45) is 0 Å². The van der Waals surface area contributed by atoms with Crippen molar-refractivity contribution in [3.8, 4) is 0 Å². The minimum Gasteiger partial charge on any atom is -0.419 e. The standard InChI is InChI=1S/C7H4O4/c1-6(2-3-8)7(10)11-5-4-9/h2,5H,1H2. The summed E-state index contributed by atoms with van der Waals surface area (Å²) in [4.78, 5) is 29.7. The van der Waals surface area contributed by atoms with Gasteiger partial charge in [-0.2, -0.15) is 0 Å². The van der Waals surface area contributed by atoms with Gasteiger partial charge >= 0.3 is 5.97 Å². The maximum Gasteiger partial charge on any atom is 0.343 e. The van der Waals surface area contributed by atoms with E-state index >= 15 is 0 Å². The molecule has 0 aromatic carbocycles. The fourth-order valence-corrected chi connectivity index (χ4v) is 0.283. The molecule has 0 aliphatic carbocycles. The van der Waals surface area contributed by atoms with E-state index in [9.17, 15) is 14.4 Å². The predicted molar refractivity (Wildman–Crippen MR) is 35.8 cm³/mol. The molecule has 0 aliphatic heterocycles. The van der Waals surface area contributed by atoms with E-state index in [1.807, 2.05) is 0 Å². The van der Waals surface area contributed by atoms with E-state index in [0.717, 1.165) is 6.08 Å². The molecule has 56 valence electrons. The number of hydrogen-bond acceptors (Lipinski definition) is 4. The van der Waals surface area contributed by atoms with Crippen molar-refractivity contribution in [2.75, 3.05) is 0 Å². The first kappa shape index (κ1) is 9.11. The summed E-state index contributed by atoms with van der Waals surface area (Å²) in [5, 5.41) is 0. The van der Waals surface area contributed by atoms with Crippen LogP contribution >= 0.6 is 0 Å². The summed E-state index contributed by atoms with van der Waals surface area (Å²) in [7, 11) is 0. The van der Waals surface area contributed by atoms with E-state index in [-0.39, 0.29) is 5.57 Å². The number of esters is 1. The van der Waals surface area contributed by atoms with Crippen molar-refractivity contribution in [3.05, 3.63) is 24.5 Å². The van der Waals surface area contributed by atoms with E-state index < -0.39 is 5.97 Å². The number of carbonyl (C=O) groups excluding carboxylic acids is 3. The molecule has 0 saturated heterocycles. The Hall–Kier alpha value is -1.89. The molecule has 4 heteroatoms. The molecule has 0 rings (SSSR count). The zero-order valence-electron chi connectivity index (χ0n) is 5.49. The largest absolute Gasteiger partial charge is 0.419 e. The van der Waals surface area contributed by atoms with Gasteiger partial charge in [0.2, 0.25) is 0 Å². The fraction of sp³-hybridized carbons (Fsp3) is 0. The second kappa shape index (κ2) is 4.94. The van der Waals surface area contributed by atoms with Crippen molar-refractivity contribution in [3.63, 3.8) is 0 Å². The van der Waals surface area contributed by atoms with E-state index in [2.05, 4.69) is 11.3 Å². The topological polar surface area (TPSA) is 60.4 Å². The zero-order chi connectivity index (χ0) is 8.69. The Bertz CT molecular complexity index is 264. The third kappa shape index (κ3) is 3.65. The molecule has 0 unspecified atom stereocenters. The van der Waals surface area contributed by atoms with E-state index in [4.69, 9.17) is 0 Å². The minimum absolute atomic E-state index is 0.175. The van der Waals surface area contributed by atoms with Gasteiger partial charge in [0.1, 0.15) is 5.94 Å². The van der Waals surface area contributed by atoms with Gasteiger partial charge in [-0.15, -0.1) is 0 Å². The first-order chi connectivity index (χ1) is 5.22. The lowest BCUT2D eigenvalue weighted by Crippen LogP contribution is -2.00. The Morgan fingerprint density at radius 1 is 1.36 bits per heavy atom. The second-order valence-corrected chi connectivity index (χ2v) is 1.43. The zero-order valence-corrected chi connectivity index (χ0v) is 5.49. The summed E-state index contributed by atoms with van der Waals surface area (Å²) in [6.07, 6.45) is 1.34. The Balaban J connectivity index is 4.14. The van der Waals surface area contributed by atoms with Crippen molar-refractivity contribution >= 4 is 17.9 Å². The summed E-state index contributed by atoms with van der Waals surface area (Å²) in [5.41, 5.74) is -0.175. The number of rotatable bonds is 3.